The third-order valence-electron chi connectivity index (χ3n) is 6.13. The number of ether oxygens (including phenoxy) is 2. The van der Waals surface area contributed by atoms with Gasteiger partial charge in [-0.05, 0) is 56.5 Å². The van der Waals surface area contributed by atoms with E-state index < -0.39 is 23.7 Å². The van der Waals surface area contributed by atoms with Crippen LogP contribution in [0.15, 0.2) is 48.0 Å². The molecule has 0 saturated carbocycles. The Bertz CT molecular complexity index is 1410. The van der Waals surface area contributed by atoms with Crippen molar-refractivity contribution >= 4 is 39.9 Å². The topological polar surface area (TPSA) is 106 Å². The molecule has 0 bridgehead atoms. The van der Waals surface area contributed by atoms with Crippen molar-refractivity contribution in [3.8, 4) is 5.75 Å². The number of ketones is 1. The SMILES string of the molecule is CCCOc1ccc(C(O)=C2C(=O)C(=O)N(c3nc(C)c(C(=O)OC)s3)[C@@H]2c2ccc(C)cc2)c(C)c1. The number of carbonyl (C=O) groups is 3. The van der Waals surface area contributed by atoms with Crippen LogP contribution in [-0.4, -0.2) is 41.5 Å². The predicted octanol–water partition coefficient (Wildman–Crippen LogP) is 5.27. The first-order chi connectivity index (χ1) is 17.7. The van der Waals surface area contributed by atoms with Gasteiger partial charge in [-0.25, -0.2) is 9.78 Å². The van der Waals surface area contributed by atoms with Crippen LogP contribution in [-0.2, 0) is 14.3 Å². The van der Waals surface area contributed by atoms with Crippen molar-refractivity contribution in [1.82, 2.24) is 4.98 Å². The first-order valence-electron chi connectivity index (χ1n) is 11.8. The first-order valence-corrected chi connectivity index (χ1v) is 12.7. The summed E-state index contributed by atoms with van der Waals surface area (Å²) < 4.78 is 10.5. The highest BCUT2D eigenvalue weighted by Gasteiger charge is 2.48. The summed E-state index contributed by atoms with van der Waals surface area (Å²) in [5, 5.41) is 11.6. The predicted molar refractivity (Wildman–Crippen MR) is 141 cm³/mol. The fourth-order valence-electron chi connectivity index (χ4n) is 4.22. The van der Waals surface area contributed by atoms with Crippen molar-refractivity contribution in [2.75, 3.05) is 18.6 Å². The third-order valence-corrected chi connectivity index (χ3v) is 7.26. The number of aryl methyl sites for hydroxylation is 3. The van der Waals surface area contributed by atoms with E-state index in [0.29, 0.717) is 34.7 Å². The number of esters is 1. The molecule has 8 nitrogen and oxygen atoms in total. The van der Waals surface area contributed by atoms with Crippen LogP contribution in [0.5, 0.6) is 5.75 Å². The molecule has 37 heavy (non-hydrogen) atoms. The zero-order chi connectivity index (χ0) is 26.9. The van der Waals surface area contributed by atoms with Crippen molar-refractivity contribution in [1.29, 1.82) is 0 Å². The third kappa shape index (κ3) is 4.86. The molecule has 192 valence electrons. The maximum atomic E-state index is 13.4. The Kier molecular flexibility index (Phi) is 7.45. The zero-order valence-corrected chi connectivity index (χ0v) is 22.1. The van der Waals surface area contributed by atoms with E-state index in [2.05, 4.69) is 4.98 Å². The van der Waals surface area contributed by atoms with Crippen molar-refractivity contribution in [2.45, 2.75) is 40.2 Å². The number of amides is 1. The minimum atomic E-state index is -0.938. The molecule has 3 aromatic rings. The van der Waals surface area contributed by atoms with Gasteiger partial charge in [-0.15, -0.1) is 0 Å². The van der Waals surface area contributed by atoms with Crippen LogP contribution >= 0.6 is 11.3 Å². The van der Waals surface area contributed by atoms with Crippen LogP contribution in [0.2, 0.25) is 0 Å². The largest absolute Gasteiger partial charge is 0.507 e. The van der Waals surface area contributed by atoms with E-state index in [1.807, 2.05) is 38.1 Å². The van der Waals surface area contributed by atoms with Gasteiger partial charge in [0.2, 0.25) is 0 Å². The van der Waals surface area contributed by atoms with Crippen LogP contribution in [0.4, 0.5) is 5.13 Å². The van der Waals surface area contributed by atoms with E-state index in [1.165, 1.54) is 12.0 Å². The number of Topliss-reactive ketones (excluding diaryl/α,β-unsaturated/α-hetero) is 1. The summed E-state index contributed by atoms with van der Waals surface area (Å²) in [6.45, 7) is 7.94. The lowest BCUT2D eigenvalue weighted by Gasteiger charge is -2.23. The summed E-state index contributed by atoms with van der Waals surface area (Å²) in [6, 6.07) is 11.6. The molecule has 2 aromatic carbocycles. The number of nitrogens with zero attached hydrogens (tertiary/aromatic N) is 2. The molecular weight excluding hydrogens is 492 g/mol. The van der Waals surface area contributed by atoms with Gasteiger partial charge in [0.15, 0.2) is 5.13 Å². The Morgan fingerprint density at radius 1 is 1.11 bits per heavy atom. The van der Waals surface area contributed by atoms with Gasteiger partial charge in [0.25, 0.3) is 5.78 Å². The number of hydrogen-bond donors (Lipinski definition) is 1. The van der Waals surface area contributed by atoms with E-state index in [0.717, 1.165) is 23.3 Å². The highest BCUT2D eigenvalue weighted by atomic mass is 32.1. The molecule has 1 aromatic heterocycles. The molecule has 2 heterocycles. The fourth-order valence-corrected chi connectivity index (χ4v) is 5.23. The van der Waals surface area contributed by atoms with E-state index in [-0.39, 0.29) is 21.3 Å². The maximum absolute atomic E-state index is 13.4. The quantitative estimate of drug-likeness (QED) is 0.196. The number of carbonyl (C=O) groups excluding carboxylic acids is 3. The van der Waals surface area contributed by atoms with Gasteiger partial charge in [0.1, 0.15) is 16.4 Å². The number of benzene rings is 2. The Hall–Kier alpha value is -3.98. The van der Waals surface area contributed by atoms with E-state index in [4.69, 9.17) is 9.47 Å². The van der Waals surface area contributed by atoms with Crippen molar-refractivity contribution in [3.63, 3.8) is 0 Å². The molecule has 0 spiro atoms. The van der Waals surface area contributed by atoms with Gasteiger partial charge >= 0.3 is 11.9 Å². The average Bonchev–Trinajstić information content (AvgIpc) is 3.39. The van der Waals surface area contributed by atoms with Crippen LogP contribution in [0.25, 0.3) is 5.76 Å². The highest BCUT2D eigenvalue weighted by molar-refractivity contribution is 7.17. The lowest BCUT2D eigenvalue weighted by molar-refractivity contribution is -0.132. The molecule has 1 atom stereocenters. The minimum Gasteiger partial charge on any atom is -0.507 e. The molecule has 1 amide bonds. The van der Waals surface area contributed by atoms with E-state index in [9.17, 15) is 19.5 Å². The van der Waals surface area contributed by atoms with E-state index >= 15 is 0 Å². The number of aliphatic hydroxyl groups is 1. The fraction of sp³-hybridized carbons (Fsp3) is 0.286. The minimum absolute atomic E-state index is 0.0494. The molecule has 0 aliphatic carbocycles. The number of aliphatic hydroxyl groups excluding tert-OH is 1. The lowest BCUT2D eigenvalue weighted by atomic mass is 9.93. The Labute approximate surface area is 219 Å². The molecule has 1 N–H and O–H groups in total. The maximum Gasteiger partial charge on any atom is 0.350 e. The van der Waals surface area contributed by atoms with Crippen molar-refractivity contribution < 1.29 is 29.0 Å². The summed E-state index contributed by atoms with van der Waals surface area (Å²) in [4.78, 5) is 44.9. The second-order valence-electron chi connectivity index (χ2n) is 8.81. The standard InChI is InChI=1S/C28H28N2O6S/c1-6-13-36-19-11-12-20(16(3)14-19)23(31)21-22(18-9-7-15(2)8-10-18)30(26(33)24(21)32)28-29-17(4)25(37-28)27(34)35-5/h7-12,14,22,31H,6,13H2,1-5H3/t22-/m1/s1. The van der Waals surface area contributed by atoms with Crippen molar-refractivity contribution in [2.24, 2.45) is 0 Å². The van der Waals surface area contributed by atoms with Crippen LogP contribution in [0.3, 0.4) is 0 Å². The smallest absolute Gasteiger partial charge is 0.350 e. The highest BCUT2D eigenvalue weighted by Crippen LogP contribution is 2.44. The summed E-state index contributed by atoms with van der Waals surface area (Å²) in [7, 11) is 1.26. The first kappa shape index (κ1) is 26.1. The molecule has 0 unspecified atom stereocenters. The van der Waals surface area contributed by atoms with Crippen molar-refractivity contribution in [3.05, 3.63) is 80.9 Å². The molecule has 1 aliphatic rings. The number of anilines is 1. The molecule has 1 aliphatic heterocycles. The normalized spacial score (nSPS) is 16.8. The number of hydrogen-bond acceptors (Lipinski definition) is 8. The number of thiazole rings is 1. The number of aromatic nitrogens is 1. The summed E-state index contributed by atoms with van der Waals surface area (Å²) >= 11 is 0.966. The van der Waals surface area contributed by atoms with Gasteiger partial charge in [0.05, 0.1) is 31.0 Å². The molecule has 1 saturated heterocycles. The summed E-state index contributed by atoms with van der Waals surface area (Å²) in [5.74, 6) is -1.88. The van der Waals surface area contributed by atoms with Gasteiger partial charge in [-0.2, -0.15) is 0 Å². The van der Waals surface area contributed by atoms with Crippen LogP contribution in [0.1, 0.15) is 57.0 Å². The second-order valence-corrected chi connectivity index (χ2v) is 9.79. The number of methoxy groups -OCH3 is 1. The lowest BCUT2D eigenvalue weighted by Crippen LogP contribution is -2.29. The van der Waals surface area contributed by atoms with Gasteiger partial charge in [-0.1, -0.05) is 48.1 Å². The average molecular weight is 521 g/mol. The monoisotopic (exact) mass is 520 g/mol. The van der Waals surface area contributed by atoms with E-state index in [1.54, 1.807) is 32.0 Å². The van der Waals surface area contributed by atoms with Crippen LogP contribution in [0, 0.1) is 20.8 Å². The van der Waals surface area contributed by atoms with Crippen LogP contribution < -0.4 is 9.64 Å². The molecular formula is C28H28N2O6S. The summed E-state index contributed by atoms with van der Waals surface area (Å²) in [5.41, 5.74) is 3.07. The molecule has 4 rings (SSSR count). The van der Waals surface area contributed by atoms with Gasteiger partial charge < -0.3 is 14.6 Å². The Balaban J connectivity index is 1.89. The second kappa shape index (κ2) is 10.6. The number of rotatable bonds is 7. The summed E-state index contributed by atoms with van der Waals surface area (Å²) in [6.07, 6.45) is 0.856. The van der Waals surface area contributed by atoms with Gasteiger partial charge in [-0.3, -0.25) is 14.5 Å². The Morgan fingerprint density at radius 2 is 1.81 bits per heavy atom. The molecule has 0 radical (unpaired) electrons. The molecule has 9 heteroatoms. The Morgan fingerprint density at radius 3 is 2.43 bits per heavy atom. The zero-order valence-electron chi connectivity index (χ0n) is 21.3. The molecule has 1 fully saturated rings. The van der Waals surface area contributed by atoms with Gasteiger partial charge in [0, 0.05) is 5.56 Å².